The predicted molar refractivity (Wildman–Crippen MR) is 136 cm³/mol. The molecule has 1 fully saturated rings. The van der Waals surface area contributed by atoms with E-state index in [1.54, 1.807) is 12.4 Å². The van der Waals surface area contributed by atoms with Gasteiger partial charge < -0.3 is 14.8 Å². The number of ether oxygens (including phenoxy) is 2. The first-order valence-electron chi connectivity index (χ1n) is 11.4. The van der Waals surface area contributed by atoms with E-state index in [2.05, 4.69) is 26.6 Å². The van der Waals surface area contributed by atoms with Gasteiger partial charge in [-0.05, 0) is 69.3 Å². The topological polar surface area (TPSA) is 95.9 Å². The van der Waals surface area contributed by atoms with Crippen molar-refractivity contribution in [2.45, 2.75) is 32.0 Å². The number of aromatic nitrogens is 3. The molecule has 0 unspecified atom stereocenters. The summed E-state index contributed by atoms with van der Waals surface area (Å²) in [5.74, 6) is 1.25. The van der Waals surface area contributed by atoms with Crippen LogP contribution in [0.4, 0.5) is 0 Å². The lowest BCUT2D eigenvalue weighted by molar-refractivity contribution is 0.162. The third-order valence-corrected chi connectivity index (χ3v) is 6.70. The fourth-order valence-electron chi connectivity index (χ4n) is 4.32. The molecule has 0 aliphatic carbocycles. The minimum atomic E-state index is -0.387. The van der Waals surface area contributed by atoms with E-state index in [1.807, 2.05) is 43.3 Å². The SMILES string of the molecule is C[C@@H](Oc1ccc2[nH]nc(-c3ccc(OC4CCNCC4)c(C#N)c3)c2c1)c1c(Cl)cncc1Cl. The number of piperidine rings is 1. The van der Waals surface area contributed by atoms with Crippen LogP contribution in [0.1, 0.15) is 37.0 Å². The van der Waals surface area contributed by atoms with Crippen molar-refractivity contribution in [2.24, 2.45) is 0 Å². The molecule has 0 radical (unpaired) electrons. The van der Waals surface area contributed by atoms with Gasteiger partial charge >= 0.3 is 0 Å². The van der Waals surface area contributed by atoms with Crippen molar-refractivity contribution < 1.29 is 9.47 Å². The third-order valence-electron chi connectivity index (χ3n) is 6.10. The molecule has 4 aromatic rings. The maximum atomic E-state index is 9.76. The van der Waals surface area contributed by atoms with Gasteiger partial charge in [-0.3, -0.25) is 10.1 Å². The van der Waals surface area contributed by atoms with E-state index in [0.29, 0.717) is 32.7 Å². The summed E-state index contributed by atoms with van der Waals surface area (Å²) in [7, 11) is 0. The fourth-order valence-corrected chi connectivity index (χ4v) is 4.99. The summed E-state index contributed by atoms with van der Waals surface area (Å²) in [5.41, 5.74) is 3.56. The van der Waals surface area contributed by atoms with Gasteiger partial charge in [0.25, 0.3) is 0 Å². The maximum Gasteiger partial charge on any atom is 0.137 e. The Morgan fingerprint density at radius 1 is 1.09 bits per heavy atom. The average Bonchev–Trinajstić information content (AvgIpc) is 3.28. The number of nitrogens with one attached hydrogen (secondary N) is 2. The Bertz CT molecular complexity index is 1390. The summed E-state index contributed by atoms with van der Waals surface area (Å²) in [6.45, 7) is 3.73. The second kappa shape index (κ2) is 10.1. The second-order valence-electron chi connectivity index (χ2n) is 8.45. The summed E-state index contributed by atoms with van der Waals surface area (Å²) in [6.07, 6.45) is 4.67. The number of rotatable bonds is 6. The van der Waals surface area contributed by atoms with E-state index in [-0.39, 0.29) is 12.2 Å². The molecule has 1 aliphatic rings. The van der Waals surface area contributed by atoms with Crippen LogP contribution in [0.2, 0.25) is 10.0 Å². The van der Waals surface area contributed by atoms with Gasteiger partial charge in [0.05, 0.1) is 21.1 Å². The Balaban J connectivity index is 1.43. The van der Waals surface area contributed by atoms with Gasteiger partial charge in [-0.2, -0.15) is 10.4 Å². The van der Waals surface area contributed by atoms with Crippen LogP contribution < -0.4 is 14.8 Å². The van der Waals surface area contributed by atoms with Crippen molar-refractivity contribution in [1.82, 2.24) is 20.5 Å². The molecular weight excluding hydrogens is 485 g/mol. The van der Waals surface area contributed by atoms with Crippen LogP contribution in [0.5, 0.6) is 11.5 Å². The van der Waals surface area contributed by atoms with Crippen LogP contribution in [0.25, 0.3) is 22.2 Å². The standard InChI is InChI=1S/C26H23Cl2N5O2/c1-15(25-21(27)13-31-14-22(25)28)34-19-3-4-23-20(11-19)26(33-32-23)16-2-5-24(17(10-16)12-29)35-18-6-8-30-9-7-18/h2-5,10-11,13-15,18,30H,6-9H2,1H3,(H,32,33)/t15-/m1/s1. The number of benzene rings is 2. The van der Waals surface area contributed by atoms with E-state index in [0.717, 1.165) is 48.1 Å². The van der Waals surface area contributed by atoms with Gasteiger partial charge in [0.15, 0.2) is 0 Å². The van der Waals surface area contributed by atoms with Crippen LogP contribution in [-0.2, 0) is 0 Å². The number of hydrogen-bond donors (Lipinski definition) is 2. The molecule has 5 rings (SSSR count). The van der Waals surface area contributed by atoms with Crippen molar-refractivity contribution in [1.29, 1.82) is 5.26 Å². The Morgan fingerprint density at radius 3 is 2.60 bits per heavy atom. The molecule has 7 nitrogen and oxygen atoms in total. The zero-order valence-electron chi connectivity index (χ0n) is 19.0. The van der Waals surface area contributed by atoms with Crippen LogP contribution >= 0.6 is 23.2 Å². The van der Waals surface area contributed by atoms with Gasteiger partial charge in [-0.15, -0.1) is 0 Å². The summed E-state index contributed by atoms with van der Waals surface area (Å²) in [6, 6.07) is 13.6. The van der Waals surface area contributed by atoms with Crippen LogP contribution in [0.15, 0.2) is 48.8 Å². The lowest BCUT2D eigenvalue weighted by Gasteiger charge is -2.24. The van der Waals surface area contributed by atoms with Crippen LogP contribution in [0.3, 0.4) is 0 Å². The zero-order chi connectivity index (χ0) is 24.4. The van der Waals surface area contributed by atoms with Crippen molar-refractivity contribution in [3.63, 3.8) is 0 Å². The monoisotopic (exact) mass is 507 g/mol. The second-order valence-corrected chi connectivity index (χ2v) is 9.26. The largest absolute Gasteiger partial charge is 0.489 e. The quantitative estimate of drug-likeness (QED) is 0.328. The van der Waals surface area contributed by atoms with E-state index in [4.69, 9.17) is 32.7 Å². The van der Waals surface area contributed by atoms with Gasteiger partial charge in [0.2, 0.25) is 0 Å². The molecule has 0 amide bonds. The van der Waals surface area contributed by atoms with E-state index in [1.165, 1.54) is 0 Å². The summed E-state index contributed by atoms with van der Waals surface area (Å²) in [4.78, 5) is 4.00. The van der Waals surface area contributed by atoms with Gasteiger partial charge in [0, 0.05) is 28.9 Å². The number of fused-ring (bicyclic) bond motifs is 1. The molecule has 3 heterocycles. The lowest BCUT2D eigenvalue weighted by atomic mass is 10.0. The lowest BCUT2D eigenvalue weighted by Crippen LogP contribution is -2.34. The highest BCUT2D eigenvalue weighted by atomic mass is 35.5. The highest BCUT2D eigenvalue weighted by molar-refractivity contribution is 6.35. The first-order chi connectivity index (χ1) is 17.0. The molecule has 2 aromatic heterocycles. The first-order valence-corrected chi connectivity index (χ1v) is 12.1. The highest BCUT2D eigenvalue weighted by Crippen LogP contribution is 2.36. The van der Waals surface area contributed by atoms with E-state index in [9.17, 15) is 5.26 Å². The molecule has 2 aromatic carbocycles. The number of aromatic amines is 1. The number of hydrogen-bond acceptors (Lipinski definition) is 6. The fraction of sp³-hybridized carbons (Fsp3) is 0.269. The highest BCUT2D eigenvalue weighted by Gasteiger charge is 2.19. The number of H-pyrrole nitrogens is 1. The molecule has 1 aliphatic heterocycles. The minimum absolute atomic E-state index is 0.115. The summed E-state index contributed by atoms with van der Waals surface area (Å²) >= 11 is 12.6. The van der Waals surface area contributed by atoms with Gasteiger partial charge in [-0.25, -0.2) is 0 Å². The number of pyridine rings is 1. The van der Waals surface area contributed by atoms with Crippen molar-refractivity contribution in [3.05, 3.63) is 70.0 Å². The molecule has 2 N–H and O–H groups in total. The molecule has 9 heteroatoms. The summed E-state index contributed by atoms with van der Waals surface area (Å²) in [5, 5.41) is 22.4. The normalized spacial score (nSPS) is 15.0. The van der Waals surface area contributed by atoms with E-state index < -0.39 is 0 Å². The Morgan fingerprint density at radius 2 is 1.86 bits per heavy atom. The Labute approximate surface area is 213 Å². The number of nitriles is 1. The Hall–Kier alpha value is -3.31. The summed E-state index contributed by atoms with van der Waals surface area (Å²) < 4.78 is 12.3. The minimum Gasteiger partial charge on any atom is -0.489 e. The smallest absolute Gasteiger partial charge is 0.137 e. The van der Waals surface area contributed by atoms with E-state index >= 15 is 0 Å². The van der Waals surface area contributed by atoms with Crippen LogP contribution in [-0.4, -0.2) is 34.4 Å². The van der Waals surface area contributed by atoms with Crippen molar-refractivity contribution >= 4 is 34.1 Å². The number of halogens is 2. The molecule has 35 heavy (non-hydrogen) atoms. The number of nitrogens with zero attached hydrogens (tertiary/aromatic N) is 3. The maximum absolute atomic E-state index is 9.76. The zero-order valence-corrected chi connectivity index (χ0v) is 20.5. The predicted octanol–water partition coefficient (Wildman–Crippen LogP) is 6.07. The molecule has 1 atom stereocenters. The van der Waals surface area contributed by atoms with Crippen LogP contribution in [0, 0.1) is 11.3 Å². The third kappa shape index (κ3) is 4.92. The molecule has 178 valence electrons. The molecule has 0 saturated carbocycles. The molecule has 0 spiro atoms. The molecule has 0 bridgehead atoms. The molecular formula is C26H23Cl2N5O2. The Kier molecular flexibility index (Phi) is 6.78. The average molecular weight is 508 g/mol. The van der Waals surface area contributed by atoms with Crippen molar-refractivity contribution in [3.8, 4) is 28.8 Å². The van der Waals surface area contributed by atoms with Gasteiger partial charge in [-0.1, -0.05) is 23.2 Å². The first kappa shape index (κ1) is 23.4. The van der Waals surface area contributed by atoms with Crippen molar-refractivity contribution in [2.75, 3.05) is 13.1 Å². The molecule has 1 saturated heterocycles. The van der Waals surface area contributed by atoms with Gasteiger partial charge in [0.1, 0.15) is 35.5 Å².